The number of esters is 2. The molecular formula is C20H34Cl6O8Si2. The van der Waals surface area contributed by atoms with Gasteiger partial charge in [-0.2, -0.15) is 0 Å². The molecule has 0 saturated heterocycles. The van der Waals surface area contributed by atoms with E-state index < -0.39 is 48.0 Å². The summed E-state index contributed by atoms with van der Waals surface area (Å²) in [6.07, 6.45) is 1.58. The van der Waals surface area contributed by atoms with Crippen molar-refractivity contribution in [1.82, 2.24) is 0 Å². The molecule has 0 amide bonds. The molecule has 1 aliphatic rings. The van der Waals surface area contributed by atoms with Gasteiger partial charge in [0.25, 0.3) is 0 Å². The van der Waals surface area contributed by atoms with E-state index in [1.54, 1.807) is 0 Å². The Kier molecular flexibility index (Phi) is 17.8. The monoisotopic (exact) mass is 668 g/mol. The third-order valence-electron chi connectivity index (χ3n) is 5.33. The molecule has 2 N–H and O–H groups in total. The normalized spacial score (nSPS) is 20.6. The summed E-state index contributed by atoms with van der Waals surface area (Å²) in [5, 5.41) is 20.0. The Morgan fingerprint density at radius 1 is 0.694 bits per heavy atom. The predicted molar refractivity (Wildman–Crippen MR) is 146 cm³/mol. The van der Waals surface area contributed by atoms with E-state index in [9.17, 15) is 19.8 Å². The van der Waals surface area contributed by atoms with Crippen molar-refractivity contribution in [3.63, 3.8) is 0 Å². The van der Waals surface area contributed by atoms with Gasteiger partial charge in [0, 0.05) is 13.2 Å². The highest BCUT2D eigenvalue weighted by atomic mass is 35.8. The van der Waals surface area contributed by atoms with E-state index in [2.05, 4.69) is 0 Å². The Morgan fingerprint density at radius 3 is 1.39 bits per heavy atom. The van der Waals surface area contributed by atoms with E-state index in [1.807, 2.05) is 0 Å². The maximum Gasteiger partial charge on any atom is 0.341 e. The van der Waals surface area contributed by atoms with Crippen LogP contribution in [0.5, 0.6) is 0 Å². The molecule has 0 aromatic carbocycles. The van der Waals surface area contributed by atoms with Gasteiger partial charge in [-0.3, -0.25) is 9.59 Å². The summed E-state index contributed by atoms with van der Waals surface area (Å²) < 4.78 is 21.1. The summed E-state index contributed by atoms with van der Waals surface area (Å²) in [5.41, 5.74) is 0. The van der Waals surface area contributed by atoms with Crippen LogP contribution in [0.2, 0.25) is 12.1 Å². The minimum atomic E-state index is -2.69. The van der Waals surface area contributed by atoms with Crippen molar-refractivity contribution in [2.24, 2.45) is 11.8 Å². The van der Waals surface area contributed by atoms with Crippen LogP contribution >= 0.6 is 66.5 Å². The topological polar surface area (TPSA) is 112 Å². The second kappa shape index (κ2) is 18.3. The number of ether oxygens (including phenoxy) is 4. The van der Waals surface area contributed by atoms with Gasteiger partial charge in [0.2, 0.25) is 0 Å². The maximum atomic E-state index is 12.6. The Balaban J connectivity index is 2.32. The smallest absolute Gasteiger partial charge is 0.341 e. The molecule has 36 heavy (non-hydrogen) atoms. The van der Waals surface area contributed by atoms with Gasteiger partial charge < -0.3 is 29.2 Å². The molecule has 1 aliphatic carbocycles. The van der Waals surface area contributed by atoms with Crippen molar-refractivity contribution in [2.75, 3.05) is 39.6 Å². The molecular weight excluding hydrogens is 637 g/mol. The van der Waals surface area contributed by atoms with E-state index in [1.165, 1.54) is 0 Å². The molecule has 0 bridgehead atoms. The van der Waals surface area contributed by atoms with E-state index in [4.69, 9.17) is 85.4 Å². The van der Waals surface area contributed by atoms with Gasteiger partial charge in [0.15, 0.2) is 0 Å². The molecule has 16 heteroatoms. The van der Waals surface area contributed by atoms with E-state index in [0.29, 0.717) is 51.0 Å². The van der Waals surface area contributed by atoms with Crippen LogP contribution in [0.25, 0.3) is 0 Å². The lowest BCUT2D eigenvalue weighted by atomic mass is 9.79. The SMILES string of the molecule is O=C(OCC(O)COCCC[Si](Cl)(Cl)Cl)C1CCCCC1C(=O)OCC(O)COCCC[Si](Cl)(Cl)Cl. The summed E-state index contributed by atoms with van der Waals surface area (Å²) in [7, 11) is 0. The number of carbonyl (C=O) groups excluding carboxylic acids is 2. The zero-order valence-corrected chi connectivity index (χ0v) is 26.4. The lowest BCUT2D eigenvalue weighted by Crippen LogP contribution is -2.37. The molecule has 0 spiro atoms. The molecule has 4 unspecified atom stereocenters. The number of carbonyl (C=O) groups is 2. The molecule has 0 aromatic heterocycles. The lowest BCUT2D eigenvalue weighted by Gasteiger charge is -2.28. The summed E-state index contributed by atoms with van der Waals surface area (Å²) >= 11 is 34.8. The number of aliphatic hydroxyl groups is 2. The van der Waals surface area contributed by atoms with Gasteiger partial charge in [-0.1, -0.05) is 12.8 Å². The Labute approximate surface area is 242 Å². The number of aliphatic hydroxyl groups excluding tert-OH is 2. The van der Waals surface area contributed by atoms with Crippen molar-refractivity contribution in [3.8, 4) is 0 Å². The average molecular weight is 671 g/mol. The van der Waals surface area contributed by atoms with Crippen LogP contribution in [-0.4, -0.2) is 86.0 Å². The van der Waals surface area contributed by atoms with Crippen molar-refractivity contribution < 1.29 is 38.7 Å². The molecule has 8 nitrogen and oxygen atoms in total. The van der Waals surface area contributed by atoms with Gasteiger partial charge in [-0.15, -0.1) is 66.5 Å². The largest absolute Gasteiger partial charge is 0.463 e. The Bertz CT molecular complexity index is 599. The van der Waals surface area contributed by atoms with Gasteiger partial charge in [0.05, 0.1) is 25.0 Å². The molecule has 4 atom stereocenters. The first-order valence-corrected chi connectivity index (χ1v) is 22.3. The van der Waals surface area contributed by atoms with Crippen LogP contribution in [0, 0.1) is 11.8 Å². The molecule has 0 radical (unpaired) electrons. The van der Waals surface area contributed by atoms with Crippen LogP contribution < -0.4 is 0 Å². The van der Waals surface area contributed by atoms with Gasteiger partial charge in [0.1, 0.15) is 25.4 Å². The molecule has 0 aliphatic heterocycles. The lowest BCUT2D eigenvalue weighted by molar-refractivity contribution is -0.166. The first-order chi connectivity index (χ1) is 16.8. The molecule has 1 rings (SSSR count). The minimum Gasteiger partial charge on any atom is -0.463 e. The quantitative estimate of drug-likeness (QED) is 0.0933. The standard InChI is InChI=1S/C20H34Cl6O8Si2/c21-35(22,23)9-3-7-31-11-15(27)13-33-19(29)17-5-1-2-6-18(17)20(30)34-14-16(28)12-32-8-4-10-36(24,25)26/h15-18,27-28H,1-14H2. The molecule has 0 heterocycles. The summed E-state index contributed by atoms with van der Waals surface area (Å²) in [4.78, 5) is 25.2. The van der Waals surface area contributed by atoms with Crippen molar-refractivity contribution in [3.05, 3.63) is 0 Å². The fourth-order valence-electron chi connectivity index (χ4n) is 3.55. The third-order valence-corrected chi connectivity index (χ3v) is 10.6. The maximum absolute atomic E-state index is 12.6. The van der Waals surface area contributed by atoms with Crippen LogP contribution in [0.15, 0.2) is 0 Å². The highest BCUT2D eigenvalue weighted by Gasteiger charge is 2.38. The first-order valence-electron chi connectivity index (χ1n) is 11.8. The Morgan fingerprint density at radius 2 is 1.06 bits per heavy atom. The van der Waals surface area contributed by atoms with Crippen molar-refractivity contribution in [1.29, 1.82) is 0 Å². The number of hydrogen-bond acceptors (Lipinski definition) is 8. The summed E-state index contributed by atoms with van der Waals surface area (Å²) in [6.45, 7) is 0.0560. The fraction of sp³-hybridized carbons (Fsp3) is 0.900. The fourth-order valence-corrected chi connectivity index (χ4v) is 7.05. The van der Waals surface area contributed by atoms with Crippen LogP contribution in [0.4, 0.5) is 0 Å². The minimum absolute atomic E-state index is 0.0305. The summed E-state index contributed by atoms with van der Waals surface area (Å²) in [6, 6.07) is -4.48. The van der Waals surface area contributed by atoms with Gasteiger partial charge >= 0.3 is 23.9 Å². The summed E-state index contributed by atoms with van der Waals surface area (Å²) in [5.74, 6) is -2.49. The highest BCUT2D eigenvalue weighted by Crippen LogP contribution is 2.32. The number of rotatable bonds is 18. The van der Waals surface area contributed by atoms with Gasteiger partial charge in [-0.25, -0.2) is 0 Å². The van der Waals surface area contributed by atoms with Gasteiger partial charge in [-0.05, 0) is 37.8 Å². The molecule has 1 fully saturated rings. The molecule has 0 aromatic rings. The zero-order valence-electron chi connectivity index (χ0n) is 19.8. The van der Waals surface area contributed by atoms with Crippen LogP contribution in [-0.2, 0) is 28.5 Å². The Hall–Kier alpha value is 0.954. The average Bonchev–Trinajstić information content (AvgIpc) is 2.79. The highest BCUT2D eigenvalue weighted by molar-refractivity contribution is 7.65. The van der Waals surface area contributed by atoms with Crippen molar-refractivity contribution >= 4 is 90.4 Å². The third kappa shape index (κ3) is 17.5. The van der Waals surface area contributed by atoms with Crippen molar-refractivity contribution in [2.45, 2.75) is 62.8 Å². The van der Waals surface area contributed by atoms with Crippen LogP contribution in [0.1, 0.15) is 38.5 Å². The second-order valence-corrected chi connectivity index (χ2v) is 27.2. The second-order valence-electron chi connectivity index (χ2n) is 8.65. The zero-order chi connectivity index (χ0) is 27.2. The van der Waals surface area contributed by atoms with Crippen LogP contribution in [0.3, 0.4) is 0 Å². The number of halogens is 6. The van der Waals surface area contributed by atoms with E-state index in [0.717, 1.165) is 12.8 Å². The van der Waals surface area contributed by atoms with E-state index >= 15 is 0 Å². The van der Waals surface area contributed by atoms with E-state index in [-0.39, 0.29) is 26.4 Å². The molecule has 212 valence electrons. The predicted octanol–water partition coefficient (Wildman–Crippen LogP) is 4.73. The first kappa shape index (κ1) is 35.0. The molecule has 1 saturated carbocycles. The number of hydrogen-bond donors (Lipinski definition) is 2.